The van der Waals surface area contributed by atoms with Gasteiger partial charge in [0.05, 0.1) is 36.6 Å². The van der Waals surface area contributed by atoms with Gasteiger partial charge in [-0.2, -0.15) is 4.31 Å². The summed E-state index contributed by atoms with van der Waals surface area (Å²) >= 11 is 0. The zero-order chi connectivity index (χ0) is 26.5. The van der Waals surface area contributed by atoms with Crippen LogP contribution in [0.3, 0.4) is 0 Å². The van der Waals surface area contributed by atoms with Crippen molar-refractivity contribution < 1.29 is 31.1 Å². The van der Waals surface area contributed by atoms with Crippen LogP contribution >= 0.6 is 0 Å². The van der Waals surface area contributed by atoms with Crippen LogP contribution in [0.15, 0.2) is 47.4 Å². The zero-order valence-corrected chi connectivity index (χ0v) is 22.6. The Morgan fingerprint density at radius 3 is 2.19 bits per heavy atom. The summed E-state index contributed by atoms with van der Waals surface area (Å²) < 4.78 is 63.7. The maximum Gasteiger partial charge on any atom is 0.243 e. The standard InChI is InChI=1S/C24H33N3O7S2/c1-18-15-19(2)17-21(16-18)27(35(4,29)30)20(3)24(28)25-9-12-34-22-5-7-23(8-6-22)36(31,32)26-10-13-33-14-11-26/h5-8,15-17,20H,9-14H2,1-4H3,(H,25,28)/t20-/m1/s1. The van der Waals surface area contributed by atoms with Crippen LogP contribution in [0.1, 0.15) is 18.1 Å². The molecule has 1 aliphatic heterocycles. The molecule has 0 unspecified atom stereocenters. The number of hydrogen-bond donors (Lipinski definition) is 1. The highest BCUT2D eigenvalue weighted by Crippen LogP contribution is 2.24. The lowest BCUT2D eigenvalue weighted by Gasteiger charge is -2.28. The Balaban J connectivity index is 1.56. The predicted molar refractivity (Wildman–Crippen MR) is 137 cm³/mol. The number of carbonyl (C=O) groups excluding carboxylic acids is 1. The first-order chi connectivity index (χ1) is 16.9. The molecule has 36 heavy (non-hydrogen) atoms. The number of hydrogen-bond acceptors (Lipinski definition) is 7. The van der Waals surface area contributed by atoms with Gasteiger partial charge in [-0.1, -0.05) is 6.07 Å². The first-order valence-corrected chi connectivity index (χ1v) is 14.8. The summed E-state index contributed by atoms with van der Waals surface area (Å²) in [6.45, 7) is 6.90. The van der Waals surface area contributed by atoms with Crippen LogP contribution in [-0.2, 0) is 29.6 Å². The minimum Gasteiger partial charge on any atom is -0.492 e. The lowest BCUT2D eigenvalue weighted by molar-refractivity contribution is -0.121. The SMILES string of the molecule is Cc1cc(C)cc(N([C@H](C)C(=O)NCCOc2ccc(S(=O)(=O)N3CCOCC3)cc2)S(C)(=O)=O)c1. The zero-order valence-electron chi connectivity index (χ0n) is 20.9. The second kappa shape index (κ2) is 11.6. The quantitative estimate of drug-likeness (QED) is 0.456. The van der Waals surface area contributed by atoms with Gasteiger partial charge in [-0.05, 0) is 68.3 Å². The number of morpholine rings is 1. The summed E-state index contributed by atoms with van der Waals surface area (Å²) in [5, 5.41) is 2.70. The van der Waals surface area contributed by atoms with Crippen molar-refractivity contribution in [2.24, 2.45) is 0 Å². The van der Waals surface area contributed by atoms with Crippen molar-refractivity contribution in [1.29, 1.82) is 0 Å². The Morgan fingerprint density at radius 2 is 1.64 bits per heavy atom. The molecule has 0 spiro atoms. The Hall–Kier alpha value is -2.67. The van der Waals surface area contributed by atoms with E-state index in [2.05, 4.69) is 5.32 Å². The summed E-state index contributed by atoms with van der Waals surface area (Å²) in [6.07, 6.45) is 1.07. The molecule has 0 aromatic heterocycles. The molecule has 0 saturated carbocycles. The highest BCUT2D eigenvalue weighted by Gasteiger charge is 2.29. The number of carbonyl (C=O) groups is 1. The van der Waals surface area contributed by atoms with Crippen molar-refractivity contribution in [3.63, 3.8) is 0 Å². The highest BCUT2D eigenvalue weighted by molar-refractivity contribution is 7.92. The van der Waals surface area contributed by atoms with Gasteiger partial charge in [0.2, 0.25) is 26.0 Å². The second-order valence-corrected chi connectivity index (χ2v) is 12.5. The minimum absolute atomic E-state index is 0.121. The second-order valence-electron chi connectivity index (χ2n) is 8.71. The Labute approximate surface area is 213 Å². The third-order valence-electron chi connectivity index (χ3n) is 5.65. The molecule has 2 aromatic rings. The molecule has 1 N–H and O–H groups in total. The summed E-state index contributed by atoms with van der Waals surface area (Å²) in [6, 6.07) is 10.5. The van der Waals surface area contributed by atoms with Crippen molar-refractivity contribution in [3.8, 4) is 5.75 Å². The van der Waals surface area contributed by atoms with Crippen molar-refractivity contribution in [1.82, 2.24) is 9.62 Å². The number of nitrogens with one attached hydrogen (secondary N) is 1. The predicted octanol–water partition coefficient (Wildman–Crippen LogP) is 1.67. The van der Waals surface area contributed by atoms with Gasteiger partial charge < -0.3 is 14.8 Å². The Kier molecular flexibility index (Phi) is 8.98. The first-order valence-electron chi connectivity index (χ1n) is 11.6. The van der Waals surface area contributed by atoms with E-state index in [1.807, 2.05) is 19.9 Å². The topological polar surface area (TPSA) is 122 Å². The largest absolute Gasteiger partial charge is 0.492 e. The number of amides is 1. The number of nitrogens with zero attached hydrogens (tertiary/aromatic N) is 2. The van der Waals surface area contributed by atoms with Gasteiger partial charge in [0, 0.05) is 13.1 Å². The molecule has 1 fully saturated rings. The lowest BCUT2D eigenvalue weighted by Crippen LogP contribution is -2.48. The molecular formula is C24H33N3O7S2. The third-order valence-corrected chi connectivity index (χ3v) is 8.81. The molecule has 0 bridgehead atoms. The van der Waals surface area contributed by atoms with Crippen molar-refractivity contribution in [3.05, 3.63) is 53.6 Å². The van der Waals surface area contributed by atoms with Crippen LogP contribution in [0.25, 0.3) is 0 Å². The monoisotopic (exact) mass is 539 g/mol. The summed E-state index contributed by atoms with van der Waals surface area (Å²) in [5.74, 6) is -0.0126. The van der Waals surface area contributed by atoms with Gasteiger partial charge in [-0.15, -0.1) is 0 Å². The first kappa shape index (κ1) is 27.9. The molecule has 1 atom stereocenters. The van der Waals surface area contributed by atoms with Crippen LogP contribution in [0, 0.1) is 13.8 Å². The van der Waals surface area contributed by atoms with E-state index >= 15 is 0 Å². The van der Waals surface area contributed by atoms with Crippen molar-refractivity contribution >= 4 is 31.6 Å². The van der Waals surface area contributed by atoms with E-state index in [-0.39, 0.29) is 18.0 Å². The van der Waals surface area contributed by atoms with Gasteiger partial charge in [0.25, 0.3) is 0 Å². The fourth-order valence-corrected chi connectivity index (χ4v) is 6.59. The van der Waals surface area contributed by atoms with E-state index in [1.165, 1.54) is 23.4 Å². The van der Waals surface area contributed by atoms with Crippen LogP contribution in [0.5, 0.6) is 5.75 Å². The number of ether oxygens (including phenoxy) is 2. The number of rotatable bonds is 10. The third kappa shape index (κ3) is 6.96. The van der Waals surface area contributed by atoms with Gasteiger partial charge >= 0.3 is 0 Å². The molecule has 10 nitrogen and oxygen atoms in total. The molecule has 2 aromatic carbocycles. The smallest absolute Gasteiger partial charge is 0.243 e. The average Bonchev–Trinajstić information content (AvgIpc) is 2.81. The molecule has 198 valence electrons. The van der Waals surface area contributed by atoms with Crippen LogP contribution in [-0.4, -0.2) is 78.8 Å². The number of aryl methyl sites for hydroxylation is 2. The van der Waals surface area contributed by atoms with Gasteiger partial charge in [-0.25, -0.2) is 16.8 Å². The van der Waals surface area contributed by atoms with E-state index in [9.17, 15) is 21.6 Å². The van der Waals surface area contributed by atoms with Crippen LogP contribution < -0.4 is 14.4 Å². The molecule has 1 amide bonds. The maximum absolute atomic E-state index is 12.7. The molecule has 3 rings (SSSR count). The van der Waals surface area contributed by atoms with Crippen molar-refractivity contribution in [2.45, 2.75) is 31.7 Å². The molecule has 12 heteroatoms. The van der Waals surface area contributed by atoms with E-state index in [0.717, 1.165) is 21.7 Å². The molecular weight excluding hydrogens is 506 g/mol. The lowest BCUT2D eigenvalue weighted by atomic mass is 10.1. The van der Waals surface area contributed by atoms with E-state index < -0.39 is 32.0 Å². The van der Waals surface area contributed by atoms with E-state index in [0.29, 0.717) is 37.7 Å². The van der Waals surface area contributed by atoms with Gasteiger partial charge in [0.1, 0.15) is 18.4 Å². The summed E-state index contributed by atoms with van der Waals surface area (Å²) in [5.41, 5.74) is 2.22. The molecule has 1 saturated heterocycles. The van der Waals surface area contributed by atoms with E-state index in [1.54, 1.807) is 24.3 Å². The van der Waals surface area contributed by atoms with Crippen LogP contribution in [0.2, 0.25) is 0 Å². The summed E-state index contributed by atoms with van der Waals surface area (Å²) in [7, 11) is -7.30. The molecule has 1 aliphatic rings. The Morgan fingerprint density at radius 1 is 1.06 bits per heavy atom. The highest BCUT2D eigenvalue weighted by atomic mass is 32.2. The fourth-order valence-electron chi connectivity index (χ4n) is 4.02. The average molecular weight is 540 g/mol. The number of benzene rings is 2. The van der Waals surface area contributed by atoms with Crippen LogP contribution in [0.4, 0.5) is 5.69 Å². The number of anilines is 1. The number of sulfonamides is 2. The minimum atomic E-state index is -3.71. The molecule has 1 heterocycles. The molecule has 0 aliphatic carbocycles. The maximum atomic E-state index is 12.7. The Bertz CT molecular complexity index is 1250. The fraction of sp³-hybridized carbons (Fsp3) is 0.458. The van der Waals surface area contributed by atoms with Gasteiger partial charge in [-0.3, -0.25) is 9.10 Å². The van der Waals surface area contributed by atoms with Crippen molar-refractivity contribution in [2.75, 3.05) is 50.0 Å². The molecule has 0 radical (unpaired) electrons. The normalized spacial score (nSPS) is 15.8. The summed E-state index contributed by atoms with van der Waals surface area (Å²) in [4.78, 5) is 12.9. The van der Waals surface area contributed by atoms with E-state index in [4.69, 9.17) is 9.47 Å². The van der Waals surface area contributed by atoms with Gasteiger partial charge in [0.15, 0.2) is 0 Å².